The Hall–Kier alpha value is -1.93. The molecule has 0 bridgehead atoms. The Morgan fingerprint density at radius 1 is 1.17 bits per heavy atom. The van der Waals surface area contributed by atoms with E-state index in [-0.39, 0.29) is 11.8 Å². The molecule has 1 N–H and O–H groups in total. The number of carbonyl (C=O) groups is 2. The van der Waals surface area contributed by atoms with Crippen LogP contribution in [-0.2, 0) is 27.3 Å². The van der Waals surface area contributed by atoms with E-state index in [1.165, 1.54) is 11.3 Å². The number of amides is 2. The average Bonchev–Trinajstić information content (AvgIpc) is 2.96. The van der Waals surface area contributed by atoms with Gasteiger partial charge in [0.2, 0.25) is 11.8 Å². The van der Waals surface area contributed by atoms with Gasteiger partial charge in [-0.25, -0.2) is 0 Å². The highest BCUT2D eigenvalue weighted by atomic mass is 16.5. The lowest BCUT2D eigenvalue weighted by Crippen LogP contribution is -2.51. The zero-order chi connectivity index (χ0) is 22.1. The zero-order valence-corrected chi connectivity index (χ0v) is 19.4. The predicted octanol–water partition coefficient (Wildman–Crippen LogP) is 1.39. The normalized spacial score (nSPS) is 15.1. The van der Waals surface area contributed by atoms with Gasteiger partial charge in [-0.05, 0) is 38.2 Å². The van der Waals surface area contributed by atoms with Crippen LogP contribution in [0.1, 0.15) is 43.6 Å². The molecule has 1 fully saturated rings. The Bertz CT molecular complexity index is 693. The third-order valence-corrected chi connectivity index (χ3v) is 5.60. The maximum Gasteiger partial charge on any atom is 0.234 e. The van der Waals surface area contributed by atoms with Crippen molar-refractivity contribution in [1.82, 2.24) is 24.9 Å². The molecule has 0 spiro atoms. The van der Waals surface area contributed by atoms with Gasteiger partial charge < -0.3 is 15.0 Å². The molecule has 0 unspecified atom stereocenters. The molecule has 1 aromatic heterocycles. The first-order chi connectivity index (χ1) is 14.3. The summed E-state index contributed by atoms with van der Waals surface area (Å²) in [4.78, 5) is 28.7. The van der Waals surface area contributed by atoms with Crippen molar-refractivity contribution in [3.63, 3.8) is 0 Å². The fourth-order valence-corrected chi connectivity index (χ4v) is 3.87. The average molecular weight is 422 g/mol. The van der Waals surface area contributed by atoms with Crippen LogP contribution in [0.2, 0.25) is 0 Å². The summed E-state index contributed by atoms with van der Waals surface area (Å²) in [5.74, 6) is 0.769. The van der Waals surface area contributed by atoms with Crippen molar-refractivity contribution in [3.05, 3.63) is 17.0 Å². The van der Waals surface area contributed by atoms with Crippen LogP contribution in [0, 0.1) is 19.8 Å². The highest BCUT2D eigenvalue weighted by Crippen LogP contribution is 2.17. The Morgan fingerprint density at radius 3 is 2.50 bits per heavy atom. The number of aromatic nitrogens is 2. The fraction of sp³-hybridized carbons (Fsp3) is 0.773. The van der Waals surface area contributed by atoms with E-state index >= 15 is 0 Å². The van der Waals surface area contributed by atoms with Gasteiger partial charge >= 0.3 is 0 Å². The molecular weight excluding hydrogens is 382 g/mol. The van der Waals surface area contributed by atoms with E-state index in [0.717, 1.165) is 38.2 Å². The van der Waals surface area contributed by atoms with E-state index in [0.29, 0.717) is 45.1 Å². The monoisotopic (exact) mass is 421 g/mol. The summed E-state index contributed by atoms with van der Waals surface area (Å²) in [5.41, 5.74) is 3.41. The molecule has 0 aliphatic carbocycles. The van der Waals surface area contributed by atoms with Gasteiger partial charge in [-0.2, -0.15) is 5.10 Å². The van der Waals surface area contributed by atoms with Gasteiger partial charge in [0.25, 0.3) is 0 Å². The number of carbonyl (C=O) groups excluding carboxylic acids is 2. The van der Waals surface area contributed by atoms with Gasteiger partial charge in [0.05, 0.1) is 12.2 Å². The summed E-state index contributed by atoms with van der Waals surface area (Å²) < 4.78 is 7.05. The first kappa shape index (κ1) is 24.3. The maximum atomic E-state index is 12.7. The number of hydrogen-bond acceptors (Lipinski definition) is 5. The van der Waals surface area contributed by atoms with Crippen molar-refractivity contribution < 1.29 is 14.3 Å². The second kappa shape index (κ2) is 12.1. The number of piperazine rings is 1. The minimum absolute atomic E-state index is 0.0373. The number of nitrogens with one attached hydrogen (secondary N) is 1. The summed E-state index contributed by atoms with van der Waals surface area (Å²) in [6.45, 7) is 13.9. The Morgan fingerprint density at radius 2 is 1.87 bits per heavy atom. The second-order valence-electron chi connectivity index (χ2n) is 8.58. The summed E-state index contributed by atoms with van der Waals surface area (Å²) in [5, 5.41) is 7.56. The van der Waals surface area contributed by atoms with E-state index < -0.39 is 0 Å². The van der Waals surface area contributed by atoms with Crippen LogP contribution >= 0.6 is 0 Å². The fourth-order valence-electron chi connectivity index (χ4n) is 3.87. The lowest BCUT2D eigenvalue weighted by atomic mass is 10.1. The minimum Gasteiger partial charge on any atom is -0.385 e. The van der Waals surface area contributed by atoms with E-state index in [1.54, 1.807) is 7.11 Å². The van der Waals surface area contributed by atoms with E-state index in [4.69, 9.17) is 4.74 Å². The smallest absolute Gasteiger partial charge is 0.234 e. The van der Waals surface area contributed by atoms with Crippen LogP contribution in [0.5, 0.6) is 0 Å². The third kappa shape index (κ3) is 7.40. The largest absolute Gasteiger partial charge is 0.385 e. The molecule has 2 amide bonds. The van der Waals surface area contributed by atoms with Crippen molar-refractivity contribution in [2.24, 2.45) is 5.92 Å². The third-order valence-electron chi connectivity index (χ3n) is 5.60. The standard InChI is InChI=1S/C22H39N5O3/c1-17(2)15-27-19(4)20(18(3)24-27)7-8-22(29)26-12-10-25(11-13-26)16-21(28)23-9-6-14-30-5/h17H,6-16H2,1-5H3,(H,23,28). The number of nitrogens with zero attached hydrogens (tertiary/aromatic N) is 4. The zero-order valence-electron chi connectivity index (χ0n) is 19.4. The van der Waals surface area contributed by atoms with Crippen LogP contribution in [0.3, 0.4) is 0 Å². The molecule has 0 saturated carbocycles. The molecule has 30 heavy (non-hydrogen) atoms. The van der Waals surface area contributed by atoms with Crippen molar-refractivity contribution in [2.45, 2.75) is 53.5 Å². The molecule has 0 aromatic carbocycles. The van der Waals surface area contributed by atoms with E-state index in [9.17, 15) is 9.59 Å². The second-order valence-corrected chi connectivity index (χ2v) is 8.58. The van der Waals surface area contributed by atoms with Gasteiger partial charge in [-0.1, -0.05) is 13.8 Å². The molecule has 1 saturated heterocycles. The summed E-state index contributed by atoms with van der Waals surface area (Å²) in [6, 6.07) is 0. The molecule has 1 aliphatic heterocycles. The SMILES string of the molecule is COCCCNC(=O)CN1CCN(C(=O)CCc2c(C)nn(CC(C)C)c2C)CC1. The van der Waals surface area contributed by atoms with Crippen LogP contribution in [0.4, 0.5) is 0 Å². The quantitative estimate of drug-likeness (QED) is 0.546. The first-order valence-corrected chi connectivity index (χ1v) is 11.1. The van der Waals surface area contributed by atoms with Crippen LogP contribution in [-0.4, -0.2) is 84.4 Å². The lowest BCUT2D eigenvalue weighted by Gasteiger charge is -2.34. The first-order valence-electron chi connectivity index (χ1n) is 11.1. The Kier molecular flexibility index (Phi) is 9.78. The van der Waals surface area contributed by atoms with Crippen LogP contribution in [0.25, 0.3) is 0 Å². The number of rotatable bonds is 11. The summed E-state index contributed by atoms with van der Waals surface area (Å²) in [7, 11) is 1.66. The van der Waals surface area contributed by atoms with Gasteiger partial charge in [-0.15, -0.1) is 0 Å². The van der Waals surface area contributed by atoms with Gasteiger partial charge in [-0.3, -0.25) is 19.2 Å². The van der Waals surface area contributed by atoms with Crippen LogP contribution in [0.15, 0.2) is 0 Å². The molecule has 2 heterocycles. The van der Waals surface area contributed by atoms with Crippen molar-refractivity contribution >= 4 is 11.8 Å². The molecular formula is C22H39N5O3. The van der Waals surface area contributed by atoms with Crippen molar-refractivity contribution in [2.75, 3.05) is 53.0 Å². The number of hydrogen-bond donors (Lipinski definition) is 1. The van der Waals surface area contributed by atoms with Crippen molar-refractivity contribution in [1.29, 1.82) is 0 Å². The molecule has 8 nitrogen and oxygen atoms in total. The predicted molar refractivity (Wildman–Crippen MR) is 117 cm³/mol. The molecule has 2 rings (SSSR count). The Labute approximate surface area is 180 Å². The molecule has 1 aliphatic rings. The topological polar surface area (TPSA) is 79.7 Å². The Balaban J connectivity index is 1.73. The highest BCUT2D eigenvalue weighted by molar-refractivity contribution is 5.78. The minimum atomic E-state index is 0.0373. The van der Waals surface area contributed by atoms with Gasteiger partial charge in [0.15, 0.2) is 0 Å². The maximum absolute atomic E-state index is 12.7. The molecule has 8 heteroatoms. The molecule has 0 atom stereocenters. The lowest BCUT2D eigenvalue weighted by molar-refractivity contribution is -0.133. The van der Waals surface area contributed by atoms with E-state index in [2.05, 4.69) is 40.8 Å². The number of aryl methyl sites for hydroxylation is 1. The molecule has 170 valence electrons. The van der Waals surface area contributed by atoms with E-state index in [1.807, 2.05) is 11.8 Å². The molecule has 0 radical (unpaired) electrons. The molecule has 1 aromatic rings. The number of ether oxygens (including phenoxy) is 1. The number of methoxy groups -OCH3 is 1. The highest BCUT2D eigenvalue weighted by Gasteiger charge is 2.23. The van der Waals surface area contributed by atoms with Gasteiger partial charge in [0.1, 0.15) is 0 Å². The van der Waals surface area contributed by atoms with Gasteiger partial charge in [0, 0.05) is 65.1 Å². The van der Waals surface area contributed by atoms with Crippen molar-refractivity contribution in [3.8, 4) is 0 Å². The summed E-state index contributed by atoms with van der Waals surface area (Å²) in [6.07, 6.45) is 2.06. The summed E-state index contributed by atoms with van der Waals surface area (Å²) >= 11 is 0. The van der Waals surface area contributed by atoms with Crippen LogP contribution < -0.4 is 5.32 Å².